The maximum Gasteiger partial charge on any atom is 0.136 e. The van der Waals surface area contributed by atoms with Gasteiger partial charge in [-0.1, -0.05) is 64.5 Å². The van der Waals surface area contributed by atoms with Crippen LogP contribution in [0.1, 0.15) is 0 Å². The molecule has 4 aromatic carbocycles. The fraction of sp³-hybridized carbons (Fsp3) is 0. The molecule has 0 amide bonds. The first-order valence-corrected chi connectivity index (χ1v) is 8.69. The van der Waals surface area contributed by atoms with Crippen molar-refractivity contribution in [2.24, 2.45) is 0 Å². The molecule has 0 spiro atoms. The Hall–Kier alpha value is -2.58. The van der Waals surface area contributed by atoms with Gasteiger partial charge in [-0.2, -0.15) is 0 Å². The highest BCUT2D eigenvalue weighted by molar-refractivity contribution is 9.10. The highest BCUT2D eigenvalue weighted by atomic mass is 79.9. The summed E-state index contributed by atoms with van der Waals surface area (Å²) in [7, 11) is 0. The molecule has 0 unspecified atom stereocenters. The summed E-state index contributed by atoms with van der Waals surface area (Å²) in [6.07, 6.45) is 0. The van der Waals surface area contributed by atoms with Crippen LogP contribution in [0, 0.1) is 0 Å². The molecule has 0 aliphatic heterocycles. The summed E-state index contributed by atoms with van der Waals surface area (Å²) in [6, 6.07) is 27.5. The zero-order valence-electron chi connectivity index (χ0n) is 12.8. The molecular formula is C22H13BrO. The largest absolute Gasteiger partial charge is 0.456 e. The van der Waals surface area contributed by atoms with E-state index in [9.17, 15) is 0 Å². The molecule has 24 heavy (non-hydrogen) atoms. The molecule has 0 fully saturated rings. The summed E-state index contributed by atoms with van der Waals surface area (Å²) < 4.78 is 7.15. The number of halogens is 1. The summed E-state index contributed by atoms with van der Waals surface area (Å²) in [6.45, 7) is 0. The summed E-state index contributed by atoms with van der Waals surface area (Å²) in [5.74, 6) is 0. The standard InChI is InChI=1S/C22H13BrO/c23-16-10-8-14(9-11-16)17-6-3-4-15-12-20-18-5-1-2-7-21(18)24-22(20)13-19(15)17/h1-13H. The average molecular weight is 373 g/mol. The van der Waals surface area contributed by atoms with E-state index in [0.717, 1.165) is 15.6 Å². The van der Waals surface area contributed by atoms with Gasteiger partial charge in [0, 0.05) is 15.2 Å². The van der Waals surface area contributed by atoms with E-state index in [-0.39, 0.29) is 0 Å². The van der Waals surface area contributed by atoms with Gasteiger partial charge in [-0.15, -0.1) is 0 Å². The Morgan fingerprint density at radius 1 is 0.625 bits per heavy atom. The molecule has 0 aliphatic carbocycles. The number of hydrogen-bond donors (Lipinski definition) is 0. The molecule has 5 aromatic rings. The number of furan rings is 1. The second kappa shape index (κ2) is 5.22. The maximum atomic E-state index is 6.06. The lowest BCUT2D eigenvalue weighted by Gasteiger charge is -2.07. The molecule has 0 atom stereocenters. The Kier molecular flexibility index (Phi) is 3.00. The Balaban J connectivity index is 1.86. The van der Waals surface area contributed by atoms with Crippen molar-refractivity contribution in [2.75, 3.05) is 0 Å². The lowest BCUT2D eigenvalue weighted by molar-refractivity contribution is 0.669. The average Bonchev–Trinajstić information content (AvgIpc) is 2.98. The molecule has 1 heterocycles. The molecule has 0 saturated carbocycles. The predicted octanol–water partition coefficient (Wildman–Crippen LogP) is 7.17. The van der Waals surface area contributed by atoms with E-state index in [4.69, 9.17) is 4.42 Å². The molecule has 0 bridgehead atoms. The van der Waals surface area contributed by atoms with Crippen molar-refractivity contribution in [3.63, 3.8) is 0 Å². The van der Waals surface area contributed by atoms with E-state index in [1.807, 2.05) is 12.1 Å². The lowest BCUT2D eigenvalue weighted by atomic mass is 9.97. The van der Waals surface area contributed by atoms with Crippen molar-refractivity contribution in [1.82, 2.24) is 0 Å². The van der Waals surface area contributed by atoms with E-state index in [2.05, 4.69) is 82.7 Å². The normalized spacial score (nSPS) is 11.5. The van der Waals surface area contributed by atoms with Gasteiger partial charge in [0.05, 0.1) is 0 Å². The number of para-hydroxylation sites is 1. The van der Waals surface area contributed by atoms with Crippen LogP contribution in [0.2, 0.25) is 0 Å². The second-order valence-corrected chi connectivity index (χ2v) is 6.90. The van der Waals surface area contributed by atoms with Crippen molar-refractivity contribution < 1.29 is 4.42 Å². The van der Waals surface area contributed by atoms with Crippen LogP contribution in [0.3, 0.4) is 0 Å². The third-order valence-electron chi connectivity index (χ3n) is 4.53. The van der Waals surface area contributed by atoms with Crippen molar-refractivity contribution >= 4 is 48.6 Å². The van der Waals surface area contributed by atoms with Crippen LogP contribution >= 0.6 is 15.9 Å². The summed E-state index contributed by atoms with van der Waals surface area (Å²) in [4.78, 5) is 0. The highest BCUT2D eigenvalue weighted by Gasteiger charge is 2.10. The van der Waals surface area contributed by atoms with Gasteiger partial charge in [-0.25, -0.2) is 0 Å². The smallest absolute Gasteiger partial charge is 0.136 e. The first-order valence-electron chi connectivity index (χ1n) is 7.89. The maximum absolute atomic E-state index is 6.06. The Bertz CT molecular complexity index is 1200. The van der Waals surface area contributed by atoms with E-state index >= 15 is 0 Å². The van der Waals surface area contributed by atoms with E-state index in [0.29, 0.717) is 0 Å². The van der Waals surface area contributed by atoms with Gasteiger partial charge in [0.15, 0.2) is 0 Å². The molecular weight excluding hydrogens is 360 g/mol. The molecule has 0 N–H and O–H groups in total. The molecule has 1 nitrogen and oxygen atoms in total. The molecule has 2 heteroatoms. The van der Waals surface area contributed by atoms with Crippen LogP contribution < -0.4 is 0 Å². The minimum absolute atomic E-state index is 0.938. The zero-order valence-corrected chi connectivity index (χ0v) is 14.4. The zero-order chi connectivity index (χ0) is 16.1. The van der Waals surface area contributed by atoms with E-state index in [1.54, 1.807) is 0 Å². The van der Waals surface area contributed by atoms with Crippen molar-refractivity contribution in [3.05, 3.63) is 83.3 Å². The third kappa shape index (κ3) is 2.07. The Morgan fingerprint density at radius 2 is 1.46 bits per heavy atom. The first-order chi connectivity index (χ1) is 11.8. The van der Waals surface area contributed by atoms with E-state index in [1.165, 1.54) is 32.7 Å². The first kappa shape index (κ1) is 13.8. The number of rotatable bonds is 1. The van der Waals surface area contributed by atoms with Crippen LogP contribution in [-0.2, 0) is 0 Å². The van der Waals surface area contributed by atoms with Crippen LogP contribution in [0.4, 0.5) is 0 Å². The minimum atomic E-state index is 0.938. The lowest BCUT2D eigenvalue weighted by Crippen LogP contribution is -1.81. The second-order valence-electron chi connectivity index (χ2n) is 5.98. The molecule has 0 saturated heterocycles. The fourth-order valence-corrected chi connectivity index (χ4v) is 3.64. The van der Waals surface area contributed by atoms with Crippen LogP contribution in [0.5, 0.6) is 0 Å². The van der Waals surface area contributed by atoms with Gasteiger partial charge in [0.25, 0.3) is 0 Å². The van der Waals surface area contributed by atoms with Gasteiger partial charge in [0.2, 0.25) is 0 Å². The van der Waals surface area contributed by atoms with Gasteiger partial charge in [-0.05, 0) is 52.2 Å². The Morgan fingerprint density at radius 3 is 2.33 bits per heavy atom. The minimum Gasteiger partial charge on any atom is -0.456 e. The third-order valence-corrected chi connectivity index (χ3v) is 5.06. The van der Waals surface area contributed by atoms with Gasteiger partial charge in [-0.3, -0.25) is 0 Å². The topological polar surface area (TPSA) is 13.1 Å². The SMILES string of the molecule is Brc1ccc(-c2cccc3cc4c(cc23)oc2ccccc24)cc1. The quantitative estimate of drug-likeness (QED) is 0.304. The summed E-state index contributed by atoms with van der Waals surface area (Å²) in [5, 5.41) is 4.79. The molecule has 0 radical (unpaired) electrons. The molecule has 114 valence electrons. The fourth-order valence-electron chi connectivity index (χ4n) is 3.38. The van der Waals surface area contributed by atoms with Gasteiger partial charge < -0.3 is 4.42 Å². The van der Waals surface area contributed by atoms with Crippen molar-refractivity contribution in [2.45, 2.75) is 0 Å². The monoisotopic (exact) mass is 372 g/mol. The van der Waals surface area contributed by atoms with Crippen LogP contribution in [0.25, 0.3) is 43.8 Å². The van der Waals surface area contributed by atoms with Gasteiger partial charge in [0.1, 0.15) is 11.2 Å². The molecule has 0 aliphatic rings. The highest BCUT2D eigenvalue weighted by Crippen LogP contribution is 2.36. The van der Waals surface area contributed by atoms with E-state index < -0.39 is 0 Å². The predicted molar refractivity (Wildman–Crippen MR) is 104 cm³/mol. The van der Waals surface area contributed by atoms with Crippen LogP contribution in [0.15, 0.2) is 87.8 Å². The number of benzene rings is 4. The van der Waals surface area contributed by atoms with Crippen molar-refractivity contribution in [1.29, 1.82) is 0 Å². The van der Waals surface area contributed by atoms with Crippen molar-refractivity contribution in [3.8, 4) is 11.1 Å². The molecule has 5 rings (SSSR count). The number of fused-ring (bicyclic) bond motifs is 4. The summed E-state index contributed by atoms with van der Waals surface area (Å²) >= 11 is 3.50. The molecule has 1 aromatic heterocycles. The Labute approximate surface area is 147 Å². The van der Waals surface area contributed by atoms with Crippen LogP contribution in [-0.4, -0.2) is 0 Å². The number of hydrogen-bond acceptors (Lipinski definition) is 1. The summed E-state index contributed by atoms with van der Waals surface area (Å²) in [5.41, 5.74) is 4.31. The van der Waals surface area contributed by atoms with Gasteiger partial charge >= 0.3 is 0 Å².